The Bertz CT molecular complexity index is 864. The Balaban J connectivity index is 1.26. The van der Waals surface area contributed by atoms with E-state index in [1.165, 1.54) is 10.7 Å². The third-order valence-electron chi connectivity index (χ3n) is 6.19. The van der Waals surface area contributed by atoms with Crippen molar-refractivity contribution in [3.63, 3.8) is 0 Å². The number of hydrogen-bond donors (Lipinski definition) is 1. The molecule has 1 saturated heterocycles. The maximum absolute atomic E-state index is 13.0. The number of rotatable bonds is 5. The van der Waals surface area contributed by atoms with Crippen molar-refractivity contribution in [2.45, 2.75) is 44.7 Å². The van der Waals surface area contributed by atoms with E-state index in [1.54, 1.807) is 16.3 Å². The van der Waals surface area contributed by atoms with Crippen molar-refractivity contribution in [1.82, 2.24) is 18.8 Å². The van der Waals surface area contributed by atoms with Gasteiger partial charge in [0.05, 0.1) is 0 Å². The summed E-state index contributed by atoms with van der Waals surface area (Å²) in [5, 5.41) is 2.90. The van der Waals surface area contributed by atoms with Crippen LogP contribution in [0.1, 0.15) is 37.7 Å². The standard InChI is InChI=1S/C20H30N4O5S/c1-22(17-5-3-2-4-6-17)30(26,27)24-11-9-23(10-12-24)20(25)21-14-16-7-8-18-19(13-16)29-15-28-18/h7-8,13,17H,2-6,9-12,14-15H2,1H3,(H,21,25). The van der Waals surface area contributed by atoms with Gasteiger partial charge in [0.15, 0.2) is 11.5 Å². The molecule has 0 unspecified atom stereocenters. The van der Waals surface area contributed by atoms with Crippen LogP contribution in [0.3, 0.4) is 0 Å². The summed E-state index contributed by atoms with van der Waals surface area (Å²) in [6.45, 7) is 1.98. The second-order valence-corrected chi connectivity index (χ2v) is 10.0. The Labute approximate surface area is 178 Å². The average molecular weight is 439 g/mol. The number of nitrogens with zero attached hydrogens (tertiary/aromatic N) is 3. The van der Waals surface area contributed by atoms with E-state index in [0.717, 1.165) is 31.2 Å². The first-order valence-corrected chi connectivity index (χ1v) is 12.0. The molecule has 30 heavy (non-hydrogen) atoms. The minimum atomic E-state index is -3.49. The average Bonchev–Trinajstić information content (AvgIpc) is 3.25. The van der Waals surface area contributed by atoms with Crippen LogP contribution in [0.15, 0.2) is 18.2 Å². The highest BCUT2D eigenvalue weighted by atomic mass is 32.2. The van der Waals surface area contributed by atoms with Crippen molar-refractivity contribution in [3.05, 3.63) is 23.8 Å². The maximum Gasteiger partial charge on any atom is 0.317 e. The van der Waals surface area contributed by atoms with Gasteiger partial charge in [-0.25, -0.2) is 4.79 Å². The zero-order chi connectivity index (χ0) is 21.1. The van der Waals surface area contributed by atoms with E-state index in [-0.39, 0.29) is 18.9 Å². The number of nitrogens with one attached hydrogen (secondary N) is 1. The highest BCUT2D eigenvalue weighted by Crippen LogP contribution is 2.32. The third kappa shape index (κ3) is 4.50. The van der Waals surface area contributed by atoms with Crippen molar-refractivity contribution in [1.29, 1.82) is 0 Å². The van der Waals surface area contributed by atoms with Gasteiger partial charge < -0.3 is 19.7 Å². The second-order valence-electron chi connectivity index (χ2n) is 8.05. The summed E-state index contributed by atoms with van der Waals surface area (Å²) in [7, 11) is -1.80. The van der Waals surface area contributed by atoms with Crippen LogP contribution >= 0.6 is 0 Å². The first-order valence-electron chi connectivity index (χ1n) is 10.6. The van der Waals surface area contributed by atoms with Gasteiger partial charge in [0, 0.05) is 45.8 Å². The van der Waals surface area contributed by atoms with Gasteiger partial charge in [-0.05, 0) is 30.5 Å². The van der Waals surface area contributed by atoms with Gasteiger partial charge in [-0.3, -0.25) is 0 Å². The lowest BCUT2D eigenvalue weighted by Gasteiger charge is -2.38. The molecule has 1 aromatic carbocycles. The topological polar surface area (TPSA) is 91.4 Å². The fourth-order valence-electron chi connectivity index (χ4n) is 4.28. The van der Waals surface area contributed by atoms with Gasteiger partial charge >= 0.3 is 6.03 Å². The quantitative estimate of drug-likeness (QED) is 0.756. The fourth-order valence-corrected chi connectivity index (χ4v) is 5.85. The number of benzene rings is 1. The Morgan fingerprint density at radius 1 is 1.10 bits per heavy atom. The molecule has 2 fully saturated rings. The molecule has 9 nitrogen and oxygen atoms in total. The van der Waals surface area contributed by atoms with Gasteiger partial charge in [-0.15, -0.1) is 0 Å². The van der Waals surface area contributed by atoms with Crippen LogP contribution in [0.4, 0.5) is 4.79 Å². The monoisotopic (exact) mass is 438 g/mol. The van der Waals surface area contributed by atoms with Gasteiger partial charge in [-0.2, -0.15) is 17.0 Å². The molecule has 10 heteroatoms. The molecule has 1 aliphatic carbocycles. The van der Waals surface area contributed by atoms with Crippen LogP contribution < -0.4 is 14.8 Å². The number of hydrogen-bond acceptors (Lipinski definition) is 5. The molecule has 0 spiro atoms. The number of amides is 2. The summed E-state index contributed by atoms with van der Waals surface area (Å²) >= 11 is 0. The lowest BCUT2D eigenvalue weighted by Crippen LogP contribution is -2.56. The van der Waals surface area contributed by atoms with Crippen LogP contribution in [0.5, 0.6) is 11.5 Å². The van der Waals surface area contributed by atoms with Crippen LogP contribution in [-0.4, -0.2) is 74.0 Å². The molecule has 3 aliphatic rings. The Morgan fingerprint density at radius 2 is 1.80 bits per heavy atom. The van der Waals surface area contributed by atoms with E-state index >= 15 is 0 Å². The van der Waals surface area contributed by atoms with E-state index in [1.807, 2.05) is 18.2 Å². The maximum atomic E-state index is 13.0. The van der Waals surface area contributed by atoms with Gasteiger partial charge in [-0.1, -0.05) is 25.3 Å². The summed E-state index contributed by atoms with van der Waals surface area (Å²) in [5.41, 5.74) is 0.919. The number of carbonyl (C=O) groups excluding carboxylic acids is 1. The van der Waals surface area contributed by atoms with Crippen LogP contribution in [0, 0.1) is 0 Å². The van der Waals surface area contributed by atoms with E-state index in [4.69, 9.17) is 9.47 Å². The van der Waals surface area contributed by atoms with Crippen LogP contribution in [0.25, 0.3) is 0 Å². The minimum Gasteiger partial charge on any atom is -0.454 e. The molecule has 0 radical (unpaired) electrons. The molecule has 1 saturated carbocycles. The lowest BCUT2D eigenvalue weighted by atomic mass is 9.96. The van der Waals surface area contributed by atoms with E-state index in [2.05, 4.69) is 5.32 Å². The number of piperazine rings is 1. The van der Waals surface area contributed by atoms with Crippen molar-refractivity contribution in [3.8, 4) is 11.5 Å². The fraction of sp³-hybridized carbons (Fsp3) is 0.650. The third-order valence-corrected chi connectivity index (χ3v) is 8.23. The predicted molar refractivity (Wildman–Crippen MR) is 112 cm³/mol. The van der Waals surface area contributed by atoms with Crippen molar-refractivity contribution >= 4 is 16.2 Å². The van der Waals surface area contributed by atoms with Gasteiger partial charge in [0.2, 0.25) is 6.79 Å². The minimum absolute atomic E-state index is 0.0896. The first-order chi connectivity index (χ1) is 14.4. The van der Waals surface area contributed by atoms with Crippen LogP contribution in [-0.2, 0) is 16.8 Å². The highest BCUT2D eigenvalue weighted by molar-refractivity contribution is 7.86. The normalized spacial score (nSPS) is 20.5. The smallest absolute Gasteiger partial charge is 0.317 e. The number of urea groups is 1. The van der Waals surface area contributed by atoms with E-state index in [9.17, 15) is 13.2 Å². The summed E-state index contributed by atoms with van der Waals surface area (Å²) in [6.07, 6.45) is 5.21. The van der Waals surface area contributed by atoms with Crippen molar-refractivity contribution < 1.29 is 22.7 Å². The molecule has 2 aliphatic heterocycles. The SMILES string of the molecule is CN(C1CCCCC1)S(=O)(=O)N1CCN(C(=O)NCc2ccc3c(c2)OCO3)CC1. The summed E-state index contributed by atoms with van der Waals surface area (Å²) in [5.74, 6) is 1.39. The molecular weight excluding hydrogens is 408 g/mol. The largest absolute Gasteiger partial charge is 0.454 e. The van der Waals surface area contributed by atoms with Crippen molar-refractivity contribution in [2.75, 3.05) is 40.0 Å². The van der Waals surface area contributed by atoms with Crippen molar-refractivity contribution in [2.24, 2.45) is 0 Å². The number of ether oxygens (including phenoxy) is 2. The molecule has 1 N–H and O–H groups in total. The zero-order valence-electron chi connectivity index (χ0n) is 17.4. The van der Waals surface area contributed by atoms with Crippen LogP contribution in [0.2, 0.25) is 0 Å². The van der Waals surface area contributed by atoms with E-state index < -0.39 is 10.2 Å². The Morgan fingerprint density at radius 3 is 2.53 bits per heavy atom. The molecule has 2 heterocycles. The summed E-state index contributed by atoms with van der Waals surface area (Å²) < 4.78 is 39.6. The molecule has 0 atom stereocenters. The summed E-state index contributed by atoms with van der Waals surface area (Å²) in [6, 6.07) is 5.47. The van der Waals surface area contributed by atoms with Gasteiger partial charge in [0.1, 0.15) is 0 Å². The molecule has 0 aromatic heterocycles. The molecule has 0 bridgehead atoms. The molecule has 166 valence electrons. The Hall–Kier alpha value is -2.04. The molecule has 1 aromatic rings. The molecule has 2 amide bonds. The van der Waals surface area contributed by atoms with E-state index in [0.29, 0.717) is 44.2 Å². The van der Waals surface area contributed by atoms with Gasteiger partial charge in [0.25, 0.3) is 10.2 Å². The predicted octanol–water partition coefficient (Wildman–Crippen LogP) is 1.75. The lowest BCUT2D eigenvalue weighted by molar-refractivity contribution is 0.166. The molecule has 4 rings (SSSR count). The molecular formula is C20H30N4O5S. The first kappa shape index (κ1) is 21.2. The Kier molecular flexibility index (Phi) is 6.35. The number of carbonyl (C=O) groups is 1. The number of fused-ring (bicyclic) bond motifs is 1. The second kappa shape index (κ2) is 8.99. The summed E-state index contributed by atoms with van der Waals surface area (Å²) in [4.78, 5) is 14.2. The highest BCUT2D eigenvalue weighted by Gasteiger charge is 2.35. The zero-order valence-corrected chi connectivity index (χ0v) is 18.2.